The van der Waals surface area contributed by atoms with E-state index in [0.717, 1.165) is 19.3 Å². The van der Waals surface area contributed by atoms with Crippen molar-refractivity contribution in [1.82, 2.24) is 4.31 Å². The molecule has 3 rings (SSSR count). The zero-order valence-electron chi connectivity index (χ0n) is 11.9. The number of fused-ring (bicyclic) bond motifs is 1. The number of rotatable bonds is 5. The third-order valence-corrected chi connectivity index (χ3v) is 5.28. The quantitative estimate of drug-likeness (QED) is 0.906. The maximum absolute atomic E-state index is 13.6. The Balaban J connectivity index is 1.84. The van der Waals surface area contributed by atoms with Gasteiger partial charge < -0.3 is 4.74 Å². The number of hydrogen-bond acceptors (Lipinski definition) is 3. The Kier molecular flexibility index (Phi) is 3.79. The van der Waals surface area contributed by atoms with Crippen LogP contribution >= 0.6 is 0 Å². The number of ether oxygens (including phenoxy) is 1. The highest BCUT2D eigenvalue weighted by atomic mass is 32.2. The van der Waals surface area contributed by atoms with Crippen molar-refractivity contribution in [3.05, 3.63) is 23.5 Å². The first-order valence-electron chi connectivity index (χ1n) is 7.15. The van der Waals surface area contributed by atoms with Crippen molar-refractivity contribution in [2.24, 2.45) is 5.92 Å². The molecule has 0 radical (unpaired) electrons. The summed E-state index contributed by atoms with van der Waals surface area (Å²) in [6.07, 6.45) is 3.64. The first kappa shape index (κ1) is 14.6. The molecule has 5 nitrogen and oxygen atoms in total. The Bertz CT molecular complexity index is 644. The first-order valence-corrected chi connectivity index (χ1v) is 8.59. The first-order chi connectivity index (χ1) is 9.95. The molecule has 0 amide bonds. The van der Waals surface area contributed by atoms with Crippen LogP contribution in [-0.4, -0.2) is 32.9 Å². The number of benzene rings is 1. The lowest BCUT2D eigenvalue weighted by Crippen LogP contribution is -2.34. The zero-order chi connectivity index (χ0) is 15.0. The molecule has 2 aliphatic rings. The highest BCUT2D eigenvalue weighted by molar-refractivity contribution is 7.90. The predicted molar refractivity (Wildman–Crippen MR) is 78.1 cm³/mol. The molecule has 1 N–H and O–H groups in total. The maximum atomic E-state index is 13.6. The molecule has 0 unspecified atom stereocenters. The van der Waals surface area contributed by atoms with Gasteiger partial charge in [0.1, 0.15) is 11.6 Å². The van der Waals surface area contributed by atoms with Crippen molar-refractivity contribution in [2.75, 3.05) is 24.9 Å². The van der Waals surface area contributed by atoms with E-state index in [1.165, 1.54) is 23.5 Å². The van der Waals surface area contributed by atoms with E-state index in [1.807, 2.05) is 0 Å². The van der Waals surface area contributed by atoms with Gasteiger partial charge in [-0.25, -0.2) is 4.39 Å². The van der Waals surface area contributed by atoms with E-state index in [2.05, 4.69) is 4.72 Å². The van der Waals surface area contributed by atoms with E-state index >= 15 is 0 Å². The van der Waals surface area contributed by atoms with Gasteiger partial charge in [-0.3, -0.25) is 4.72 Å². The number of nitrogens with one attached hydrogen (secondary N) is 1. The molecule has 1 aromatic carbocycles. The molecule has 1 aliphatic heterocycles. The normalized spacial score (nSPS) is 18.2. The largest absolute Gasteiger partial charge is 0.491 e. The standard InChI is InChI=1S/C14H19FN2O3S/c1-17(9-10-4-5-10)21(18,19)16-13-8-12(15)7-11-3-2-6-20-14(11)13/h7-8,10,16H,2-6,9H2,1H3. The van der Waals surface area contributed by atoms with Gasteiger partial charge in [-0.2, -0.15) is 12.7 Å². The Morgan fingerprint density at radius 3 is 2.90 bits per heavy atom. The van der Waals surface area contributed by atoms with Crippen molar-refractivity contribution in [3.63, 3.8) is 0 Å². The molecule has 1 aromatic rings. The molecule has 1 saturated carbocycles. The third-order valence-electron chi connectivity index (χ3n) is 3.83. The van der Waals surface area contributed by atoms with Gasteiger partial charge in [0, 0.05) is 19.7 Å². The summed E-state index contributed by atoms with van der Waals surface area (Å²) in [5.41, 5.74) is 0.899. The van der Waals surface area contributed by atoms with Crippen molar-refractivity contribution < 1.29 is 17.5 Å². The van der Waals surface area contributed by atoms with Crippen LogP contribution < -0.4 is 9.46 Å². The molecular formula is C14H19FN2O3S. The summed E-state index contributed by atoms with van der Waals surface area (Å²) >= 11 is 0. The Hall–Kier alpha value is -1.34. The van der Waals surface area contributed by atoms with E-state index < -0.39 is 16.0 Å². The summed E-state index contributed by atoms with van der Waals surface area (Å²) in [6, 6.07) is 2.58. The average molecular weight is 314 g/mol. The number of halogens is 1. The Morgan fingerprint density at radius 1 is 1.43 bits per heavy atom. The van der Waals surface area contributed by atoms with Gasteiger partial charge in [0.25, 0.3) is 0 Å². The lowest BCUT2D eigenvalue weighted by atomic mass is 10.1. The second kappa shape index (κ2) is 5.46. The predicted octanol–water partition coefficient (Wildman–Crippen LogP) is 2.15. The molecule has 1 fully saturated rings. The Labute approximate surface area is 124 Å². The second-order valence-electron chi connectivity index (χ2n) is 5.72. The molecule has 0 atom stereocenters. The van der Waals surface area contributed by atoms with Gasteiger partial charge in [0.05, 0.1) is 12.3 Å². The van der Waals surface area contributed by atoms with Crippen molar-refractivity contribution >= 4 is 15.9 Å². The second-order valence-corrected chi connectivity index (χ2v) is 7.50. The molecule has 1 aliphatic carbocycles. The van der Waals surface area contributed by atoms with Crippen LogP contribution in [0.5, 0.6) is 5.75 Å². The van der Waals surface area contributed by atoms with Gasteiger partial charge in [-0.1, -0.05) is 0 Å². The van der Waals surface area contributed by atoms with Gasteiger partial charge in [-0.05, 0) is 43.2 Å². The van der Waals surface area contributed by atoms with Gasteiger partial charge in [-0.15, -0.1) is 0 Å². The fraction of sp³-hybridized carbons (Fsp3) is 0.571. The van der Waals surface area contributed by atoms with E-state index in [-0.39, 0.29) is 5.69 Å². The molecule has 21 heavy (non-hydrogen) atoms. The monoisotopic (exact) mass is 314 g/mol. The Morgan fingerprint density at radius 2 is 2.19 bits per heavy atom. The number of aryl methyl sites for hydroxylation is 1. The molecule has 0 bridgehead atoms. The highest BCUT2D eigenvalue weighted by Gasteiger charge is 2.29. The molecule has 0 saturated heterocycles. The smallest absolute Gasteiger partial charge is 0.301 e. The van der Waals surface area contributed by atoms with Crippen LogP contribution in [-0.2, 0) is 16.6 Å². The van der Waals surface area contributed by atoms with Gasteiger partial charge >= 0.3 is 10.2 Å². The zero-order valence-corrected chi connectivity index (χ0v) is 12.7. The minimum atomic E-state index is -3.68. The number of anilines is 1. The van der Waals surface area contributed by atoms with Crippen LogP contribution in [0.15, 0.2) is 12.1 Å². The van der Waals surface area contributed by atoms with Crippen LogP contribution in [0.4, 0.5) is 10.1 Å². The molecule has 116 valence electrons. The molecule has 7 heteroatoms. The number of hydrogen-bond donors (Lipinski definition) is 1. The van der Waals surface area contributed by atoms with Crippen LogP contribution in [0.3, 0.4) is 0 Å². The van der Waals surface area contributed by atoms with Crippen LogP contribution in [0.25, 0.3) is 0 Å². The topological polar surface area (TPSA) is 58.6 Å². The SMILES string of the molecule is CN(CC1CC1)S(=O)(=O)Nc1cc(F)cc2c1OCCC2. The van der Waals surface area contributed by atoms with Crippen LogP contribution in [0, 0.1) is 11.7 Å². The van der Waals surface area contributed by atoms with E-state index in [4.69, 9.17) is 4.74 Å². The van der Waals surface area contributed by atoms with Gasteiger partial charge in [0.15, 0.2) is 0 Å². The van der Waals surface area contributed by atoms with Crippen LogP contribution in [0.1, 0.15) is 24.8 Å². The average Bonchev–Trinajstić information content (AvgIpc) is 3.22. The lowest BCUT2D eigenvalue weighted by molar-refractivity contribution is 0.289. The third kappa shape index (κ3) is 3.29. The summed E-state index contributed by atoms with van der Waals surface area (Å²) in [4.78, 5) is 0. The van der Waals surface area contributed by atoms with E-state index in [9.17, 15) is 12.8 Å². The summed E-state index contributed by atoms with van der Waals surface area (Å²) in [6.45, 7) is 1.01. The molecule has 0 spiro atoms. The van der Waals surface area contributed by atoms with Crippen LogP contribution in [0.2, 0.25) is 0 Å². The molecule has 1 heterocycles. The van der Waals surface area contributed by atoms with E-state index in [1.54, 1.807) is 0 Å². The fourth-order valence-corrected chi connectivity index (χ4v) is 3.49. The summed E-state index contributed by atoms with van der Waals surface area (Å²) in [7, 11) is -2.15. The van der Waals surface area contributed by atoms with Crippen molar-refractivity contribution in [1.29, 1.82) is 0 Å². The minimum absolute atomic E-state index is 0.187. The van der Waals surface area contributed by atoms with Gasteiger partial charge in [0.2, 0.25) is 0 Å². The molecule has 0 aromatic heterocycles. The summed E-state index contributed by atoms with van der Waals surface area (Å²) in [5.74, 6) is 0.442. The maximum Gasteiger partial charge on any atom is 0.301 e. The fourth-order valence-electron chi connectivity index (χ4n) is 2.50. The van der Waals surface area contributed by atoms with Crippen molar-refractivity contribution in [3.8, 4) is 5.75 Å². The number of nitrogens with zero attached hydrogens (tertiary/aromatic N) is 1. The minimum Gasteiger partial charge on any atom is -0.491 e. The van der Waals surface area contributed by atoms with Crippen molar-refractivity contribution in [2.45, 2.75) is 25.7 Å². The highest BCUT2D eigenvalue weighted by Crippen LogP contribution is 2.35. The molecular weight excluding hydrogens is 295 g/mol. The summed E-state index contributed by atoms with van der Waals surface area (Å²) in [5, 5.41) is 0. The lowest BCUT2D eigenvalue weighted by Gasteiger charge is -2.23. The van der Waals surface area contributed by atoms with E-state index in [0.29, 0.717) is 36.8 Å². The summed E-state index contributed by atoms with van der Waals surface area (Å²) < 4.78 is 47.5.